The van der Waals surface area contributed by atoms with Gasteiger partial charge in [0.15, 0.2) is 17.6 Å². The number of methoxy groups -OCH3 is 1. The summed E-state index contributed by atoms with van der Waals surface area (Å²) in [6.45, 7) is 4.14. The van der Waals surface area contributed by atoms with Gasteiger partial charge in [0.1, 0.15) is 12.4 Å². The van der Waals surface area contributed by atoms with Crippen molar-refractivity contribution in [2.24, 2.45) is 0 Å². The van der Waals surface area contributed by atoms with E-state index in [4.69, 9.17) is 32.2 Å². The quantitative estimate of drug-likeness (QED) is 0.567. The van der Waals surface area contributed by atoms with E-state index in [1.54, 1.807) is 7.11 Å². The van der Waals surface area contributed by atoms with Crippen LogP contribution in [-0.2, 0) is 16.0 Å². The third kappa shape index (κ3) is 6.65. The van der Waals surface area contributed by atoms with Gasteiger partial charge in [0, 0.05) is 6.54 Å². The Balaban J connectivity index is 2.03. The third-order valence-corrected chi connectivity index (χ3v) is 4.43. The number of hydrogen-bond acceptors (Lipinski definition) is 4. The molecular weight excluding hydrogens is 409 g/mol. The molecule has 0 saturated carbocycles. The molecule has 30 heavy (non-hydrogen) atoms. The van der Waals surface area contributed by atoms with Crippen LogP contribution in [0.15, 0.2) is 36.4 Å². The van der Waals surface area contributed by atoms with Crippen LogP contribution in [0.25, 0.3) is 0 Å². The number of carbonyl (C=O) groups is 1. The zero-order chi connectivity index (χ0) is 22.1. The van der Waals surface area contributed by atoms with E-state index in [-0.39, 0.29) is 17.7 Å². The number of carbonyl (C=O) groups excluding carboxylic acids is 1. The van der Waals surface area contributed by atoms with Crippen molar-refractivity contribution in [3.05, 3.63) is 58.4 Å². The Hall–Kier alpha value is -2.75. The molecule has 2 aromatic carbocycles. The fourth-order valence-corrected chi connectivity index (χ4v) is 2.89. The lowest BCUT2D eigenvalue weighted by molar-refractivity contribution is -0.132. The minimum absolute atomic E-state index is 0.0293. The van der Waals surface area contributed by atoms with Crippen LogP contribution < -0.4 is 14.8 Å². The van der Waals surface area contributed by atoms with Gasteiger partial charge >= 0.3 is 0 Å². The zero-order valence-electron chi connectivity index (χ0n) is 17.2. The second kappa shape index (κ2) is 11.4. The van der Waals surface area contributed by atoms with Crippen LogP contribution in [0.5, 0.6) is 11.5 Å². The molecule has 0 saturated heterocycles. The van der Waals surface area contributed by atoms with Crippen molar-refractivity contribution < 1.29 is 23.4 Å². The van der Waals surface area contributed by atoms with E-state index in [0.29, 0.717) is 30.0 Å². The molecular formula is C23H25ClFNO4. The van der Waals surface area contributed by atoms with Crippen LogP contribution in [0.3, 0.4) is 0 Å². The Bertz CT molecular complexity index is 911. The second-order valence-corrected chi connectivity index (χ2v) is 7.17. The van der Waals surface area contributed by atoms with Gasteiger partial charge in [0.2, 0.25) is 0 Å². The fraction of sp³-hybridized carbons (Fsp3) is 0.348. The van der Waals surface area contributed by atoms with E-state index in [0.717, 1.165) is 5.56 Å². The summed E-state index contributed by atoms with van der Waals surface area (Å²) in [6, 6.07) is 9.69. The molecule has 2 aromatic rings. The standard InChI is InChI=1S/C23H25ClFNO4/c1-5-12-29-22(17-7-8-18(24)19(25)14-17)23(27)26-11-10-16-6-9-20(30-15(2)3)21(13-16)28-4/h1,6-9,13-15,22H,10-12H2,2-4H3,(H,26,27). The van der Waals surface area contributed by atoms with Crippen molar-refractivity contribution in [2.75, 3.05) is 20.3 Å². The van der Waals surface area contributed by atoms with Crippen LogP contribution in [0.2, 0.25) is 5.02 Å². The molecule has 1 atom stereocenters. The lowest BCUT2D eigenvalue weighted by Crippen LogP contribution is -2.32. The number of rotatable bonds is 10. The van der Waals surface area contributed by atoms with Crippen LogP contribution in [0.1, 0.15) is 31.1 Å². The predicted molar refractivity (Wildman–Crippen MR) is 114 cm³/mol. The highest BCUT2D eigenvalue weighted by molar-refractivity contribution is 6.30. The summed E-state index contributed by atoms with van der Waals surface area (Å²) >= 11 is 5.72. The second-order valence-electron chi connectivity index (χ2n) is 6.76. The molecule has 7 heteroatoms. The monoisotopic (exact) mass is 433 g/mol. The molecule has 0 aromatic heterocycles. The number of nitrogens with one attached hydrogen (secondary N) is 1. The zero-order valence-corrected chi connectivity index (χ0v) is 18.0. The number of amides is 1. The van der Waals surface area contributed by atoms with E-state index in [9.17, 15) is 9.18 Å². The summed E-state index contributed by atoms with van der Waals surface area (Å²) in [7, 11) is 1.58. The summed E-state index contributed by atoms with van der Waals surface area (Å²) in [6.07, 6.45) is 4.78. The first-order chi connectivity index (χ1) is 14.3. The van der Waals surface area contributed by atoms with Crippen molar-refractivity contribution in [3.63, 3.8) is 0 Å². The van der Waals surface area contributed by atoms with E-state index in [2.05, 4.69) is 11.2 Å². The van der Waals surface area contributed by atoms with Gasteiger partial charge in [0.25, 0.3) is 5.91 Å². The fourth-order valence-electron chi connectivity index (χ4n) is 2.77. The number of benzene rings is 2. The number of hydrogen-bond donors (Lipinski definition) is 1. The molecule has 0 aliphatic heterocycles. The maximum atomic E-state index is 13.8. The van der Waals surface area contributed by atoms with Crippen molar-refractivity contribution in [3.8, 4) is 23.8 Å². The summed E-state index contributed by atoms with van der Waals surface area (Å²) < 4.78 is 30.3. The Morgan fingerprint density at radius 3 is 2.63 bits per heavy atom. The largest absolute Gasteiger partial charge is 0.493 e. The topological polar surface area (TPSA) is 56.8 Å². The van der Waals surface area contributed by atoms with Gasteiger partial charge in [-0.1, -0.05) is 29.7 Å². The first-order valence-corrected chi connectivity index (χ1v) is 9.84. The van der Waals surface area contributed by atoms with Gasteiger partial charge in [-0.3, -0.25) is 4.79 Å². The third-order valence-electron chi connectivity index (χ3n) is 4.12. The molecule has 0 heterocycles. The Morgan fingerprint density at radius 2 is 2.00 bits per heavy atom. The molecule has 160 valence electrons. The van der Waals surface area contributed by atoms with Gasteiger partial charge in [0.05, 0.1) is 18.2 Å². The summed E-state index contributed by atoms with van der Waals surface area (Å²) in [5, 5.41) is 2.76. The van der Waals surface area contributed by atoms with E-state index < -0.39 is 17.8 Å². The summed E-state index contributed by atoms with van der Waals surface area (Å²) in [5.41, 5.74) is 1.29. The highest BCUT2D eigenvalue weighted by atomic mass is 35.5. The molecule has 0 aliphatic carbocycles. The first-order valence-electron chi connectivity index (χ1n) is 9.47. The maximum Gasteiger partial charge on any atom is 0.253 e. The van der Waals surface area contributed by atoms with E-state index in [1.165, 1.54) is 18.2 Å². The summed E-state index contributed by atoms with van der Waals surface area (Å²) in [4.78, 5) is 12.6. The first kappa shape index (κ1) is 23.5. The molecule has 1 N–H and O–H groups in total. The molecule has 0 fully saturated rings. The van der Waals surface area contributed by atoms with Crippen molar-refractivity contribution in [1.82, 2.24) is 5.32 Å². The molecule has 2 rings (SSSR count). The molecule has 0 bridgehead atoms. The SMILES string of the molecule is C#CCOC(C(=O)NCCc1ccc(OC(C)C)c(OC)c1)c1ccc(Cl)c(F)c1. The highest BCUT2D eigenvalue weighted by Crippen LogP contribution is 2.29. The number of ether oxygens (including phenoxy) is 3. The molecule has 5 nitrogen and oxygen atoms in total. The smallest absolute Gasteiger partial charge is 0.253 e. The predicted octanol–water partition coefficient (Wildman–Crippen LogP) is 4.32. The molecule has 1 unspecified atom stereocenters. The van der Waals surface area contributed by atoms with Gasteiger partial charge < -0.3 is 19.5 Å². The van der Waals surface area contributed by atoms with Gasteiger partial charge in [-0.15, -0.1) is 6.42 Å². The average molecular weight is 434 g/mol. The van der Waals surface area contributed by atoms with Crippen LogP contribution in [-0.4, -0.2) is 32.3 Å². The maximum absolute atomic E-state index is 13.8. The van der Waals surface area contributed by atoms with Crippen LogP contribution in [0.4, 0.5) is 4.39 Å². The highest BCUT2D eigenvalue weighted by Gasteiger charge is 2.22. The minimum atomic E-state index is -1.04. The van der Waals surface area contributed by atoms with Crippen LogP contribution >= 0.6 is 11.6 Å². The normalized spacial score (nSPS) is 11.6. The lowest BCUT2D eigenvalue weighted by atomic mass is 10.1. The molecule has 0 spiro atoms. The van der Waals surface area contributed by atoms with Crippen molar-refractivity contribution in [2.45, 2.75) is 32.5 Å². The van der Waals surface area contributed by atoms with Gasteiger partial charge in [-0.05, 0) is 55.7 Å². The molecule has 0 aliphatic rings. The van der Waals surface area contributed by atoms with Crippen molar-refractivity contribution in [1.29, 1.82) is 0 Å². The Labute approximate surface area is 181 Å². The number of halogens is 2. The molecule has 1 amide bonds. The van der Waals surface area contributed by atoms with Crippen LogP contribution in [0, 0.1) is 18.2 Å². The Kier molecular flexibility index (Phi) is 8.97. The minimum Gasteiger partial charge on any atom is -0.493 e. The van der Waals surface area contributed by atoms with E-state index >= 15 is 0 Å². The van der Waals surface area contributed by atoms with Gasteiger partial charge in [-0.2, -0.15) is 0 Å². The van der Waals surface area contributed by atoms with Crippen molar-refractivity contribution >= 4 is 17.5 Å². The lowest BCUT2D eigenvalue weighted by Gasteiger charge is -2.18. The molecule has 0 radical (unpaired) electrons. The number of terminal acetylenes is 1. The van der Waals surface area contributed by atoms with Gasteiger partial charge in [-0.25, -0.2) is 4.39 Å². The summed E-state index contributed by atoms with van der Waals surface area (Å²) in [5.74, 6) is 2.55. The Morgan fingerprint density at radius 1 is 1.23 bits per heavy atom. The van der Waals surface area contributed by atoms with E-state index in [1.807, 2.05) is 32.0 Å². The average Bonchev–Trinajstić information content (AvgIpc) is 2.71.